The van der Waals surface area contributed by atoms with Gasteiger partial charge in [-0.1, -0.05) is 3.89 Å². The van der Waals surface area contributed by atoms with Gasteiger partial charge in [-0.15, -0.1) is 0 Å². The summed E-state index contributed by atoms with van der Waals surface area (Å²) < 4.78 is 38.8. The molecule has 0 unspecified atom stereocenters. The van der Waals surface area contributed by atoms with Gasteiger partial charge < -0.3 is 14.0 Å². The topological polar surface area (TPSA) is 88.0 Å². The van der Waals surface area contributed by atoms with E-state index in [-0.39, 0.29) is 5.75 Å². The summed E-state index contributed by atoms with van der Waals surface area (Å²) in [5.74, 6) is 1.66. The maximum Gasteiger partial charge on any atom is 0.488 e. The molecule has 3 aliphatic heterocycles. The third-order valence-corrected chi connectivity index (χ3v) is 6.11. The first-order valence-electron chi connectivity index (χ1n) is 10.2. The first-order chi connectivity index (χ1) is 14.5. The second-order valence-corrected chi connectivity index (χ2v) is 8.69. The van der Waals surface area contributed by atoms with Crippen LogP contribution in [0.5, 0.6) is 5.75 Å². The molecule has 5 rings (SSSR count). The lowest BCUT2D eigenvalue weighted by Gasteiger charge is -2.31. The fraction of sp³-hybridized carbons (Fsp3) is 0.450. The van der Waals surface area contributed by atoms with Crippen LogP contribution >= 0.6 is 0 Å². The molecular formula is C20H22FN5O3S. The molecule has 1 aromatic carbocycles. The predicted octanol–water partition coefficient (Wildman–Crippen LogP) is 2.77. The number of anilines is 2. The summed E-state index contributed by atoms with van der Waals surface area (Å²) in [7, 11) is -5.05. The van der Waals surface area contributed by atoms with E-state index in [1.807, 2.05) is 6.20 Å². The molecule has 3 aliphatic rings. The molecule has 0 bridgehead atoms. The lowest BCUT2D eigenvalue weighted by molar-refractivity contribution is 0.440. The maximum atomic E-state index is 12.9. The maximum absolute atomic E-state index is 12.9. The van der Waals surface area contributed by atoms with E-state index >= 15 is 0 Å². The summed E-state index contributed by atoms with van der Waals surface area (Å²) in [4.78, 5) is 18.6. The van der Waals surface area contributed by atoms with Crippen molar-refractivity contribution in [1.82, 2.24) is 9.97 Å². The molecule has 1 fully saturated rings. The Kier molecular flexibility index (Phi) is 4.80. The van der Waals surface area contributed by atoms with Gasteiger partial charge in [-0.2, -0.15) is 8.42 Å². The number of benzene rings is 1. The summed E-state index contributed by atoms with van der Waals surface area (Å²) in [6.45, 7) is 3.29. The average molecular weight is 431 g/mol. The molecule has 1 aromatic heterocycles. The Hall–Kier alpha value is -2.75. The number of hydrogen-bond acceptors (Lipinski definition) is 8. The molecule has 4 heterocycles. The van der Waals surface area contributed by atoms with E-state index in [1.165, 1.54) is 25.3 Å². The van der Waals surface area contributed by atoms with Crippen LogP contribution in [0.3, 0.4) is 0 Å². The zero-order chi connectivity index (χ0) is 20.7. The number of aryl methyl sites for hydroxylation is 1. The van der Waals surface area contributed by atoms with E-state index in [0.29, 0.717) is 6.54 Å². The van der Waals surface area contributed by atoms with Crippen LogP contribution in [0.1, 0.15) is 42.6 Å². The molecular weight excluding hydrogens is 409 g/mol. The van der Waals surface area contributed by atoms with Crippen LogP contribution in [-0.4, -0.2) is 43.9 Å². The van der Waals surface area contributed by atoms with Gasteiger partial charge in [0.05, 0.1) is 18.4 Å². The van der Waals surface area contributed by atoms with Crippen molar-refractivity contribution in [1.29, 1.82) is 0 Å². The van der Waals surface area contributed by atoms with Crippen molar-refractivity contribution >= 4 is 27.8 Å². The molecule has 158 valence electrons. The number of amidine groups is 1. The summed E-state index contributed by atoms with van der Waals surface area (Å²) in [5, 5.41) is 0. The van der Waals surface area contributed by atoms with Crippen molar-refractivity contribution < 1.29 is 16.5 Å². The first kappa shape index (κ1) is 19.2. The first-order valence-corrected chi connectivity index (χ1v) is 11.5. The molecule has 0 N–H and O–H groups in total. The number of aliphatic imine (C=N–C) groups is 1. The van der Waals surface area contributed by atoms with Gasteiger partial charge in [0.15, 0.2) is 5.84 Å². The fourth-order valence-electron chi connectivity index (χ4n) is 4.39. The van der Waals surface area contributed by atoms with Gasteiger partial charge >= 0.3 is 10.5 Å². The highest BCUT2D eigenvalue weighted by Crippen LogP contribution is 2.34. The summed E-state index contributed by atoms with van der Waals surface area (Å²) in [6, 6.07) is 4.76. The molecule has 10 heteroatoms. The number of nitrogens with zero attached hydrogens (tertiary/aromatic N) is 5. The summed E-state index contributed by atoms with van der Waals surface area (Å²) in [5.41, 5.74) is 3.45. The van der Waals surface area contributed by atoms with E-state index in [9.17, 15) is 12.3 Å². The van der Waals surface area contributed by atoms with E-state index in [0.717, 1.165) is 66.8 Å². The minimum atomic E-state index is -5.05. The highest BCUT2D eigenvalue weighted by atomic mass is 32.3. The molecule has 0 spiro atoms. The minimum absolute atomic E-state index is 0.0298. The van der Waals surface area contributed by atoms with Gasteiger partial charge in [-0.3, -0.25) is 4.99 Å². The SMILES string of the molecule is O=S(=O)(F)Oc1ccc2c(c1)CCCN2C1=NCc2nc(N3CCCCC3)cnc21. The molecule has 1 saturated heterocycles. The van der Waals surface area contributed by atoms with Crippen molar-refractivity contribution in [3.8, 4) is 5.75 Å². The zero-order valence-corrected chi connectivity index (χ0v) is 17.2. The van der Waals surface area contributed by atoms with Gasteiger partial charge in [0.2, 0.25) is 0 Å². The van der Waals surface area contributed by atoms with Crippen molar-refractivity contribution in [2.45, 2.75) is 38.6 Å². The van der Waals surface area contributed by atoms with Crippen LogP contribution in [0, 0.1) is 0 Å². The highest BCUT2D eigenvalue weighted by Gasteiger charge is 2.29. The van der Waals surface area contributed by atoms with E-state index in [1.54, 1.807) is 12.1 Å². The van der Waals surface area contributed by atoms with Gasteiger partial charge in [0.25, 0.3) is 0 Å². The molecule has 0 aliphatic carbocycles. The Morgan fingerprint density at radius 1 is 1.07 bits per heavy atom. The lowest BCUT2D eigenvalue weighted by Crippen LogP contribution is -2.36. The summed E-state index contributed by atoms with van der Waals surface area (Å²) >= 11 is 0. The minimum Gasteiger partial charge on any atom is -0.358 e. The largest absolute Gasteiger partial charge is 0.488 e. The smallest absolute Gasteiger partial charge is 0.358 e. The number of aromatic nitrogens is 2. The van der Waals surface area contributed by atoms with Gasteiger partial charge in [0, 0.05) is 25.3 Å². The van der Waals surface area contributed by atoms with Crippen molar-refractivity contribution in [2.24, 2.45) is 4.99 Å². The normalized spacial score (nSPS) is 18.6. The van der Waals surface area contributed by atoms with E-state index in [4.69, 9.17) is 15.0 Å². The van der Waals surface area contributed by atoms with Gasteiger partial charge in [-0.25, -0.2) is 9.97 Å². The van der Waals surface area contributed by atoms with Crippen molar-refractivity contribution in [3.05, 3.63) is 41.3 Å². The monoisotopic (exact) mass is 431 g/mol. The van der Waals surface area contributed by atoms with Crippen molar-refractivity contribution in [3.63, 3.8) is 0 Å². The molecule has 30 heavy (non-hydrogen) atoms. The number of halogens is 1. The average Bonchev–Trinajstić information content (AvgIpc) is 3.15. The van der Waals surface area contributed by atoms with Gasteiger partial charge in [-0.05, 0) is 55.9 Å². The Bertz CT molecular complexity index is 1120. The Labute approximate surface area is 174 Å². The number of fused-ring (bicyclic) bond motifs is 2. The number of rotatable bonds is 3. The Morgan fingerprint density at radius 3 is 2.70 bits per heavy atom. The molecule has 0 saturated carbocycles. The zero-order valence-electron chi connectivity index (χ0n) is 16.4. The summed E-state index contributed by atoms with van der Waals surface area (Å²) in [6.07, 6.45) is 7.06. The van der Waals surface area contributed by atoms with E-state index in [2.05, 4.69) is 14.0 Å². The molecule has 0 radical (unpaired) electrons. The quantitative estimate of drug-likeness (QED) is 0.691. The third kappa shape index (κ3) is 3.71. The Balaban J connectivity index is 1.42. The predicted molar refractivity (Wildman–Crippen MR) is 111 cm³/mol. The Morgan fingerprint density at radius 2 is 1.90 bits per heavy atom. The highest BCUT2D eigenvalue weighted by molar-refractivity contribution is 7.81. The third-order valence-electron chi connectivity index (χ3n) is 5.72. The standard InChI is InChI=1S/C20H22FN5O3S/c21-30(27,28)29-15-6-7-17-14(11-15)5-4-10-26(17)20-19-16(12-23-20)24-18(13-22-19)25-8-2-1-3-9-25/h6-7,11,13H,1-5,8-10,12H2. The molecule has 0 atom stereocenters. The van der Waals surface area contributed by atoms with Crippen LogP contribution in [0.4, 0.5) is 15.4 Å². The lowest BCUT2D eigenvalue weighted by atomic mass is 10.0. The molecule has 8 nitrogen and oxygen atoms in total. The fourth-order valence-corrected chi connectivity index (χ4v) is 4.72. The van der Waals surface area contributed by atoms with Crippen LogP contribution in [-0.2, 0) is 23.5 Å². The van der Waals surface area contributed by atoms with Crippen molar-refractivity contribution in [2.75, 3.05) is 29.4 Å². The van der Waals surface area contributed by atoms with Crippen LogP contribution in [0.25, 0.3) is 0 Å². The second-order valence-electron chi connectivity index (χ2n) is 7.73. The molecule has 0 amide bonds. The number of hydrogen-bond donors (Lipinski definition) is 0. The van der Waals surface area contributed by atoms with Crippen LogP contribution in [0.15, 0.2) is 29.4 Å². The van der Waals surface area contributed by atoms with Crippen LogP contribution < -0.4 is 14.0 Å². The van der Waals surface area contributed by atoms with Gasteiger partial charge in [0.1, 0.15) is 17.3 Å². The second kappa shape index (κ2) is 7.50. The molecule has 2 aromatic rings. The van der Waals surface area contributed by atoms with Crippen LogP contribution in [0.2, 0.25) is 0 Å². The number of piperidine rings is 1. The van der Waals surface area contributed by atoms with E-state index < -0.39 is 10.5 Å².